The monoisotopic (exact) mass is 1320 g/mol. The first kappa shape index (κ1) is 88.0. The summed E-state index contributed by atoms with van der Waals surface area (Å²) < 4.78 is 164. The van der Waals surface area contributed by atoms with Crippen LogP contribution in [0.4, 0.5) is 26.3 Å². The van der Waals surface area contributed by atoms with E-state index in [9.17, 15) is 40.4 Å². The molecule has 0 saturated carbocycles. The summed E-state index contributed by atoms with van der Waals surface area (Å²) in [5.74, 6) is -1.73. The van der Waals surface area contributed by atoms with Crippen LogP contribution < -0.4 is 29.6 Å². The molecule has 0 aliphatic carbocycles. The van der Waals surface area contributed by atoms with Gasteiger partial charge in [-0.25, -0.2) is 26.3 Å². The number of aliphatic hydroxyl groups is 6. The fraction of sp³-hybridized carbons (Fsp3) is 0.982. The Hall–Kier alpha value is -0.106. The maximum Gasteiger partial charge on any atom is 1.00 e. The molecular formula is C57H111F6NNaO18PSi2. The molecule has 86 heavy (non-hydrogen) atoms. The number of halogens is 6. The Balaban J connectivity index is -0.000000475. The van der Waals surface area contributed by atoms with Crippen LogP contribution in [-0.4, -0.2) is 234 Å². The average molecular weight is 1330 g/mol. The van der Waals surface area contributed by atoms with E-state index in [2.05, 4.69) is 5.11 Å². The Morgan fingerprint density at radius 1 is 0.651 bits per heavy atom. The number of nitriles is 1. The minimum Gasteiger partial charge on any atom is -0.870 e. The van der Waals surface area contributed by atoms with E-state index < -0.39 is 110 Å². The number of aliphatic hydroxyl groups excluding tert-OH is 6. The van der Waals surface area contributed by atoms with Crippen LogP contribution in [-0.2, 0) is 51.1 Å². The molecule has 6 fully saturated rings. The molecule has 1 unspecified atom stereocenters. The molecule has 0 aromatic carbocycles. The summed E-state index contributed by atoms with van der Waals surface area (Å²) in [6, 6.07) is 2.95. The van der Waals surface area contributed by atoms with Crippen molar-refractivity contribution in [1.29, 1.82) is 6.69 Å². The van der Waals surface area contributed by atoms with Gasteiger partial charge in [0, 0.05) is 101 Å². The van der Waals surface area contributed by atoms with Gasteiger partial charge in [0.2, 0.25) is 1.43 Å². The van der Waals surface area contributed by atoms with E-state index in [0.29, 0.717) is 38.5 Å². The molecule has 0 radical (unpaired) electrons. The maximum atomic E-state index is 14.3. The Bertz CT molecular complexity index is 1840. The summed E-state index contributed by atoms with van der Waals surface area (Å²) in [5, 5.41) is 55.3. The molecule has 0 aromatic heterocycles. The first-order valence-electron chi connectivity index (χ1n) is 29.9. The Labute approximate surface area is 540 Å². The smallest absolute Gasteiger partial charge is 0.870 e. The minimum absolute atomic E-state index is 0. The van der Waals surface area contributed by atoms with Crippen molar-refractivity contribution in [3.05, 3.63) is 0 Å². The molecule has 6 aliphatic heterocycles. The first-order chi connectivity index (χ1) is 40.1. The van der Waals surface area contributed by atoms with E-state index in [-0.39, 0.29) is 148 Å². The number of alkyl halides is 6. The fourth-order valence-corrected chi connectivity index (χ4v) is 12.5. The largest absolute Gasteiger partial charge is 1.00 e. The molecule has 0 aromatic rings. The van der Waals surface area contributed by atoms with Crippen LogP contribution in [0.15, 0.2) is 0 Å². The van der Waals surface area contributed by atoms with E-state index in [0.717, 1.165) is 7.11 Å². The van der Waals surface area contributed by atoms with Gasteiger partial charge in [-0.15, -0.1) is 0 Å². The molecular weight excluding hydrogens is 1210 g/mol. The third-order valence-electron chi connectivity index (χ3n) is 16.9. The van der Waals surface area contributed by atoms with Gasteiger partial charge >= 0.3 is 29.6 Å². The van der Waals surface area contributed by atoms with Crippen LogP contribution in [0.2, 0.25) is 12.1 Å². The standard InChI is InChI=1S/C12H21FNO3P.C9H17FO3.2C9H17FO2Si.C8H15FO3.C8H15FO2.2CH4O.Na.H2O/c1-9-8-15-12(2,3)11(10(9)13)17-18(4)16-7-5-6-14;1-6-3-13-9(4-11,5-12)7(2)8(6)10;2*1-6-4-12-9(3,5-13-11)7(2)8(6)10;1-5-3-12-8(2,4-10)7(11)6(5)9;1-5-4-11-8(10-3)6(2)7(5)9;2*1-2;;/h9-11H,5,7-8H2,1-4H3;6-8,11-12H,3-5H2,1-2H3;2*6-8,13H,4-5H2,1-3H3;5-7,10-11H,3-4H2,1-2H3;5-8H,4H2,1-3H3;2*2H,1H3;;1H2/q;;;;;;;;+1;/p-1/t9-,10+,11+,18?;6-,7-,8-;6-,7+,8+,9-;6-,7-,8-,9+;5-,6+,7+,8-;5-,6-,7-,8-;;;;/m101010..../s1/i2D;;;;;;2T;;;/t9-,10+,11+,12+,18?;;;;;;;;;. The number of hydrogen-bond acceptors (Lipinski definition) is 19. The number of rotatable bonds is 13. The van der Waals surface area contributed by atoms with Gasteiger partial charge in [0.25, 0.3) is 18.8 Å². The van der Waals surface area contributed by atoms with Crippen molar-refractivity contribution in [3.63, 3.8) is 0 Å². The molecule has 6 heterocycles. The third kappa shape index (κ3) is 27.5. The summed E-state index contributed by atoms with van der Waals surface area (Å²) in [6.07, 6.45) is -8.07. The number of nitrogens with zero attached hydrogens (tertiary/aromatic N) is 1. The van der Waals surface area contributed by atoms with E-state index in [1.807, 2.05) is 61.5 Å². The summed E-state index contributed by atoms with van der Waals surface area (Å²) in [6.45, 7) is 27.9. The minimum atomic E-state index is -1.31. The van der Waals surface area contributed by atoms with Gasteiger partial charge in [-0.3, -0.25) is 0 Å². The zero-order valence-corrected chi connectivity index (χ0v) is 60.0. The van der Waals surface area contributed by atoms with Crippen LogP contribution >= 0.6 is 8.38 Å². The molecule has 508 valence electrons. The second-order valence-electron chi connectivity index (χ2n) is 23.9. The van der Waals surface area contributed by atoms with Crippen molar-refractivity contribution in [2.75, 3.05) is 94.1 Å². The molecule has 6 saturated heterocycles. The normalized spacial score (nSPS) is 41.0. The average Bonchev–Trinajstić information content (AvgIpc) is 1.51. The van der Waals surface area contributed by atoms with Crippen molar-refractivity contribution in [3.8, 4) is 6.07 Å². The van der Waals surface area contributed by atoms with Crippen molar-refractivity contribution in [1.82, 2.24) is 0 Å². The molecule has 19 nitrogen and oxygen atoms in total. The van der Waals surface area contributed by atoms with Crippen LogP contribution in [0.25, 0.3) is 0 Å². The Morgan fingerprint density at radius 2 is 1.03 bits per heavy atom. The van der Waals surface area contributed by atoms with Gasteiger partial charge < -0.3 is 87.2 Å². The van der Waals surface area contributed by atoms with Gasteiger partial charge in [-0.1, -0.05) is 69.2 Å². The predicted octanol–water partition coefficient (Wildman–Crippen LogP) is 4.29. The summed E-state index contributed by atoms with van der Waals surface area (Å²) in [7, 11) is 0.843. The molecule has 0 bridgehead atoms. The molecule has 6 aliphatic rings. The van der Waals surface area contributed by atoms with Crippen molar-refractivity contribution >= 4 is 27.2 Å². The third-order valence-corrected chi connectivity index (χ3v) is 19.9. The zero-order valence-electron chi connectivity index (χ0n) is 56.8. The second-order valence-corrected chi connectivity index (χ2v) is 26.8. The van der Waals surface area contributed by atoms with Gasteiger partial charge in [-0.2, -0.15) is 5.26 Å². The fourth-order valence-electron chi connectivity index (χ4n) is 9.74. The van der Waals surface area contributed by atoms with Crippen LogP contribution in [0.1, 0.15) is 112 Å². The molecule has 29 heteroatoms. The van der Waals surface area contributed by atoms with E-state index in [1.165, 1.54) is 14.0 Å². The number of ether oxygens (including phenoxy) is 7. The van der Waals surface area contributed by atoms with E-state index >= 15 is 0 Å². The van der Waals surface area contributed by atoms with Crippen molar-refractivity contribution in [2.45, 2.75) is 206 Å². The van der Waals surface area contributed by atoms with Crippen LogP contribution in [0.3, 0.4) is 0 Å². The molecule has 0 spiro atoms. The van der Waals surface area contributed by atoms with Gasteiger partial charge in [0.15, 0.2) is 14.7 Å². The predicted molar refractivity (Wildman–Crippen MR) is 314 cm³/mol. The second kappa shape index (κ2) is 45.3. The molecule has 6 rings (SSSR count). The quantitative estimate of drug-likeness (QED) is 0.0649. The van der Waals surface area contributed by atoms with Crippen LogP contribution in [0.5, 0.6) is 0 Å². The van der Waals surface area contributed by atoms with Gasteiger partial charge in [0.05, 0.1) is 95.4 Å². The van der Waals surface area contributed by atoms with Crippen LogP contribution in [0, 0.1) is 70.5 Å². The van der Waals surface area contributed by atoms with E-state index in [1.54, 1.807) is 48.4 Å². The zero-order chi connectivity index (χ0) is 67.1. The topological polar surface area (TPSA) is 292 Å². The summed E-state index contributed by atoms with van der Waals surface area (Å²) in [5.41, 5.74) is -4.19. The summed E-state index contributed by atoms with van der Waals surface area (Å²) in [4.78, 5) is 0. The number of methoxy groups -OCH3 is 1. The first-order valence-corrected chi connectivity index (χ1v) is 33.0. The molecule has 7 N–H and O–H groups in total. The Morgan fingerprint density at radius 3 is 1.43 bits per heavy atom. The summed E-state index contributed by atoms with van der Waals surface area (Å²) >= 11 is 0. The maximum absolute atomic E-state index is 14.3. The Kier molecular flexibility index (Phi) is 46.3. The van der Waals surface area contributed by atoms with Gasteiger partial charge in [-0.05, 0) is 34.6 Å². The van der Waals surface area contributed by atoms with Crippen molar-refractivity contribution < 1.29 is 145 Å². The van der Waals surface area contributed by atoms with E-state index in [4.69, 9.17) is 70.7 Å². The van der Waals surface area contributed by atoms with Crippen molar-refractivity contribution in [2.24, 2.45) is 59.2 Å². The SMILES string of the molecule is CO.CO[C@H]1OC[C@H](C)[C@H](F)[C@@H]1C.C[C@@H]1CO[C@](C)(CO)[C@@H](O)[C@H]1F.C[C@@H]1CO[C@](C)(C[SiH]=O)[C@@H](C)[C@H]1F.C[C@H]1COC(CO)(CO)[C@@H](C)[C@H]1F.C[C@H]1CO[C@](C)(C[SiH]=O)[C@@H](C)[C@H]1F.[2H]C[C@@]1(C)OC[C@@H](C)[C@H](F)[C@@H]1OP(C)OCCC#N.[3H]OC.[Na+].[OH-]. The molecule has 0 amide bonds. The molecule has 24 atom stereocenters. The number of hydrogen-bond donors (Lipinski definition) is 6. The van der Waals surface area contributed by atoms with Gasteiger partial charge in [0.1, 0.15) is 60.4 Å².